The van der Waals surface area contributed by atoms with Crippen LogP contribution in [0, 0.1) is 22.8 Å². The monoisotopic (exact) mass is 1270 g/mol. The van der Waals surface area contributed by atoms with Crippen LogP contribution >= 0.6 is 11.3 Å². The molecule has 0 atom stereocenters. The maximum absolute atomic E-state index is 6.78. The first kappa shape index (κ1) is 43.3. The summed E-state index contributed by atoms with van der Waals surface area (Å²) in [4.78, 5) is 10.1. The molecule has 63 heavy (non-hydrogen) atoms. The van der Waals surface area contributed by atoms with Gasteiger partial charge in [0.05, 0.1) is 5.52 Å². The van der Waals surface area contributed by atoms with Crippen LogP contribution in [0.3, 0.4) is 0 Å². The summed E-state index contributed by atoms with van der Waals surface area (Å²) in [5, 5.41) is 8.05. The van der Waals surface area contributed by atoms with Crippen LogP contribution in [0.4, 0.5) is 0 Å². The summed E-state index contributed by atoms with van der Waals surface area (Å²) in [6, 6.07) is 49.2. The zero-order valence-electron chi connectivity index (χ0n) is 34.9. The van der Waals surface area contributed by atoms with Gasteiger partial charge < -0.3 is 4.57 Å². The number of ether oxygens (including phenoxy) is 1. The Balaban J connectivity index is 0.00000471. The van der Waals surface area contributed by atoms with Crippen LogP contribution in [0.25, 0.3) is 86.4 Å². The van der Waals surface area contributed by atoms with E-state index in [1.54, 1.807) is 10.7 Å². The van der Waals surface area contributed by atoms with E-state index in [2.05, 4.69) is 139 Å². The summed E-state index contributed by atoms with van der Waals surface area (Å²) in [7, 11) is 0. The topological polar surface area (TPSA) is 44.3 Å². The second-order valence-corrected chi connectivity index (χ2v) is 25.5. The van der Waals surface area contributed by atoms with Gasteiger partial charge in [0.2, 0.25) is 0 Å². The zero-order valence-corrected chi connectivity index (χ0v) is 43.8. The normalized spacial score (nSPS) is 12.0. The van der Waals surface area contributed by atoms with E-state index in [0.29, 0.717) is 11.5 Å². The van der Waals surface area contributed by atoms with Crippen molar-refractivity contribution in [1.82, 2.24) is 18.9 Å². The van der Waals surface area contributed by atoms with Gasteiger partial charge in [0.15, 0.2) is 0 Å². The maximum Gasteiger partial charge on any atom is 2.00 e. The first-order valence-corrected chi connectivity index (χ1v) is 29.9. The van der Waals surface area contributed by atoms with Gasteiger partial charge >= 0.3 is 297 Å². The first-order valence-electron chi connectivity index (χ1n) is 21.2. The number of nitrogens with zero attached hydrogens (tertiary/aromatic N) is 4. The summed E-state index contributed by atoms with van der Waals surface area (Å²) in [6.45, 7) is 7.00. The van der Waals surface area contributed by atoms with Crippen molar-refractivity contribution in [2.75, 3.05) is 13.3 Å². The summed E-state index contributed by atoms with van der Waals surface area (Å²) >= 11 is 1.59. The molecule has 0 aliphatic heterocycles. The van der Waals surface area contributed by atoms with E-state index in [1.807, 2.05) is 41.8 Å². The molecule has 0 N–H and O–H groups in total. The van der Waals surface area contributed by atoms with Gasteiger partial charge in [-0.1, -0.05) is 30.3 Å². The number of rotatable bonds is 13. The molecule has 0 amide bonds. The molecule has 11 rings (SSSR count). The van der Waals surface area contributed by atoms with E-state index < -0.39 is 0 Å². The van der Waals surface area contributed by atoms with Crippen LogP contribution < -0.4 is 68.4 Å². The van der Waals surface area contributed by atoms with E-state index in [4.69, 9.17) is 14.7 Å². The average Bonchev–Trinajstić information content (AvgIpc) is 4.02. The Morgan fingerprint density at radius 2 is 1.32 bits per heavy atom. The third-order valence-electron chi connectivity index (χ3n) is 11.1. The number of hydrogen-bond acceptors (Lipinski definition) is 4. The number of pyridine rings is 2. The number of para-hydroxylation sites is 1. The molecular formula is C53H42I3N4OPdS-3. The molecule has 5 nitrogen and oxygen atoms in total. The minimum absolute atomic E-state index is 0. The van der Waals surface area contributed by atoms with Crippen LogP contribution in [0.15, 0.2) is 128 Å². The predicted molar refractivity (Wildman–Crippen MR) is 246 cm³/mol. The summed E-state index contributed by atoms with van der Waals surface area (Å²) in [6.07, 6.45) is 7.73. The van der Waals surface area contributed by atoms with Crippen molar-refractivity contribution in [1.29, 1.82) is 0 Å². The number of alkyl halides is 3. The fourth-order valence-corrected chi connectivity index (χ4v) is 18.9. The first-order chi connectivity index (χ1) is 30.6. The fraction of sp³-hybridized carbons (Fsp3) is 0.170. The van der Waals surface area contributed by atoms with E-state index in [-0.39, 0.29) is 84.0 Å². The molecule has 5 heterocycles. The largest absolute Gasteiger partial charge is 2.00 e. The summed E-state index contributed by atoms with van der Waals surface area (Å²) in [5.41, 5.74) is 6.86. The molecule has 5 aromatic heterocycles. The second-order valence-electron chi connectivity index (χ2n) is 15.3. The minimum Gasteiger partial charge on any atom is 2.00 e. The van der Waals surface area contributed by atoms with Gasteiger partial charge in [-0.25, -0.2) is 4.98 Å². The van der Waals surface area contributed by atoms with Gasteiger partial charge in [0, 0.05) is 26.4 Å². The standard InChI is InChI=1S/C53H42I3N4OS.Pd/c1-4-24-54-33-28-42(55-25-5-2)51(43(29-33)56-26-6-3)46-32-58-53-41-30-34(18-20-36(41)37-13-7-9-15-44(37)59(46)53)61-35-19-21-38-39-22-23-48-50(40-14-8-10-16-47(40)62-48)52(39)60(45(38)31-35)49-17-11-12-27-57-49;/h7-23,27-29,32H,4-6,24-26H2,1-3H3;/q-5;+2. The number of imidazole rings is 1. The van der Waals surface area contributed by atoms with Gasteiger partial charge in [0.25, 0.3) is 0 Å². The van der Waals surface area contributed by atoms with Crippen LogP contribution in [0.1, 0.15) is 40.0 Å². The van der Waals surface area contributed by atoms with Crippen molar-refractivity contribution in [2.45, 2.75) is 40.0 Å². The number of thiophene rings is 1. The van der Waals surface area contributed by atoms with E-state index in [1.165, 1.54) is 80.3 Å². The molecule has 0 aliphatic rings. The Morgan fingerprint density at radius 1 is 0.635 bits per heavy atom. The third kappa shape index (κ3) is 7.78. The Bertz CT molecular complexity index is 3460. The van der Waals surface area contributed by atoms with Gasteiger partial charge in [-0.3, -0.25) is 0 Å². The van der Waals surface area contributed by atoms with Crippen molar-refractivity contribution in [2.24, 2.45) is 0 Å². The number of fused-ring (bicyclic) bond motifs is 13. The average molecular weight is 1270 g/mol. The smallest absolute Gasteiger partial charge is 2.00 e. The molecule has 320 valence electrons. The van der Waals surface area contributed by atoms with Crippen molar-refractivity contribution in [3.63, 3.8) is 0 Å². The van der Waals surface area contributed by atoms with Gasteiger partial charge in [0.1, 0.15) is 5.82 Å². The van der Waals surface area contributed by atoms with E-state index >= 15 is 0 Å². The quantitative estimate of drug-likeness (QED) is 0.0560. The van der Waals surface area contributed by atoms with Crippen molar-refractivity contribution in [3.8, 4) is 28.6 Å². The van der Waals surface area contributed by atoms with Gasteiger partial charge in [-0.15, -0.1) is 16.7 Å². The molecule has 11 aromatic rings. The Labute approximate surface area is 416 Å². The zero-order chi connectivity index (χ0) is 41.7. The SMILES string of the molecule is CCC[I-]c1cc([I-]CCC)c(-c2cnc3c4[c-]c(Oc5[c-]c6c(cc5)c5ccc7sc8ccccc8c7c5n6-c5ccccn5)ccc4c4ccccc4n23)c([I-]CCC)c1.[Pd+2]. The van der Waals surface area contributed by atoms with Crippen LogP contribution in [0.5, 0.6) is 11.5 Å². The van der Waals surface area contributed by atoms with Crippen molar-refractivity contribution in [3.05, 3.63) is 150 Å². The van der Waals surface area contributed by atoms with E-state index in [9.17, 15) is 0 Å². The maximum atomic E-state index is 6.78. The van der Waals surface area contributed by atoms with Gasteiger partial charge in [-0.2, -0.15) is 0 Å². The van der Waals surface area contributed by atoms with Crippen molar-refractivity contribution >= 4 is 80.6 Å². The number of benzene rings is 6. The Kier molecular flexibility index (Phi) is 12.8. The molecule has 0 fully saturated rings. The summed E-state index contributed by atoms with van der Waals surface area (Å²) in [5.74, 6) is 2.11. The second kappa shape index (κ2) is 18.7. The van der Waals surface area contributed by atoms with Crippen molar-refractivity contribution < 1.29 is 88.8 Å². The molecule has 0 bridgehead atoms. The Morgan fingerprint density at radius 3 is 2.08 bits per heavy atom. The van der Waals surface area contributed by atoms with Crippen LogP contribution in [0.2, 0.25) is 0 Å². The molecular weight excluding hydrogens is 1230 g/mol. The Hall–Kier alpha value is -3.65. The molecule has 0 saturated carbocycles. The molecule has 0 spiro atoms. The number of aromatic nitrogens is 4. The van der Waals surface area contributed by atoms with E-state index in [0.717, 1.165) is 38.7 Å². The van der Waals surface area contributed by atoms with Crippen LogP contribution in [-0.4, -0.2) is 32.2 Å². The van der Waals surface area contributed by atoms with Gasteiger partial charge in [-0.05, 0) is 29.7 Å². The molecule has 10 heteroatoms. The molecule has 0 radical (unpaired) electrons. The summed E-state index contributed by atoms with van der Waals surface area (Å²) < 4.78 is 22.8. The molecule has 6 aromatic carbocycles. The number of hydrogen-bond donors (Lipinski definition) is 0. The molecule has 0 unspecified atom stereocenters. The number of halogens is 3. The molecule has 0 aliphatic carbocycles. The third-order valence-corrected chi connectivity index (χ3v) is 22.0. The molecule has 0 saturated heterocycles. The van der Waals surface area contributed by atoms with Crippen LogP contribution in [-0.2, 0) is 20.4 Å². The fourth-order valence-electron chi connectivity index (χ4n) is 8.56. The minimum atomic E-state index is -0.132. The predicted octanol–water partition coefficient (Wildman–Crippen LogP) is 4.56.